The van der Waals surface area contributed by atoms with Crippen LogP contribution >= 0.6 is 11.6 Å². The molecule has 1 aliphatic heterocycles. The molecule has 6 nitrogen and oxygen atoms in total. The SMILES string of the molecule is COc1ccc(CCNC(=O)Nc2ccc(N3CCCC3)c(Cl)c2)cc1OC. The van der Waals surface area contributed by atoms with Crippen molar-refractivity contribution in [1.82, 2.24) is 5.32 Å². The number of nitrogens with zero attached hydrogens (tertiary/aromatic N) is 1. The predicted molar refractivity (Wildman–Crippen MR) is 113 cm³/mol. The number of hydrogen-bond acceptors (Lipinski definition) is 4. The molecule has 28 heavy (non-hydrogen) atoms. The van der Waals surface area contributed by atoms with Crippen LogP contribution in [0.25, 0.3) is 0 Å². The average Bonchev–Trinajstić information content (AvgIpc) is 3.22. The molecular weight excluding hydrogens is 378 g/mol. The fourth-order valence-corrected chi connectivity index (χ4v) is 3.63. The van der Waals surface area contributed by atoms with Crippen molar-refractivity contribution in [3.05, 3.63) is 47.0 Å². The van der Waals surface area contributed by atoms with Crippen LogP contribution < -0.4 is 25.0 Å². The van der Waals surface area contributed by atoms with Crippen LogP contribution in [0.3, 0.4) is 0 Å². The van der Waals surface area contributed by atoms with Gasteiger partial charge in [-0.05, 0) is 55.2 Å². The van der Waals surface area contributed by atoms with Gasteiger partial charge in [0.25, 0.3) is 0 Å². The molecule has 2 aromatic rings. The van der Waals surface area contributed by atoms with Gasteiger partial charge in [0.2, 0.25) is 0 Å². The molecule has 0 radical (unpaired) electrons. The normalized spacial score (nSPS) is 13.3. The third kappa shape index (κ3) is 5.01. The minimum atomic E-state index is -0.259. The van der Waals surface area contributed by atoms with Crippen molar-refractivity contribution in [1.29, 1.82) is 0 Å². The van der Waals surface area contributed by atoms with Gasteiger partial charge in [0, 0.05) is 25.3 Å². The first-order valence-electron chi connectivity index (χ1n) is 9.41. The van der Waals surface area contributed by atoms with E-state index in [1.54, 1.807) is 20.3 Å². The van der Waals surface area contributed by atoms with Gasteiger partial charge in [-0.1, -0.05) is 17.7 Å². The Labute approximate surface area is 170 Å². The Morgan fingerprint density at radius 2 is 1.82 bits per heavy atom. The lowest BCUT2D eigenvalue weighted by atomic mass is 10.1. The van der Waals surface area contributed by atoms with Crippen LogP contribution in [0.2, 0.25) is 5.02 Å². The van der Waals surface area contributed by atoms with Crippen LogP contribution in [-0.2, 0) is 6.42 Å². The van der Waals surface area contributed by atoms with Gasteiger partial charge in [0.05, 0.1) is 24.9 Å². The molecule has 1 saturated heterocycles. The minimum absolute atomic E-state index is 0.259. The van der Waals surface area contributed by atoms with Crippen molar-refractivity contribution < 1.29 is 14.3 Å². The lowest BCUT2D eigenvalue weighted by Crippen LogP contribution is -2.30. The van der Waals surface area contributed by atoms with E-state index in [1.165, 1.54) is 12.8 Å². The zero-order chi connectivity index (χ0) is 19.9. The second kappa shape index (κ2) is 9.55. The first kappa shape index (κ1) is 20.1. The summed E-state index contributed by atoms with van der Waals surface area (Å²) in [5.41, 5.74) is 2.76. The summed E-state index contributed by atoms with van der Waals surface area (Å²) in [4.78, 5) is 14.4. The number of benzene rings is 2. The first-order chi connectivity index (χ1) is 13.6. The summed E-state index contributed by atoms with van der Waals surface area (Å²) in [6, 6.07) is 11.1. The molecule has 3 rings (SSSR count). The summed E-state index contributed by atoms with van der Waals surface area (Å²) in [5, 5.41) is 6.35. The summed E-state index contributed by atoms with van der Waals surface area (Å²) in [6.45, 7) is 2.56. The van der Waals surface area contributed by atoms with Gasteiger partial charge < -0.3 is 25.0 Å². The van der Waals surface area contributed by atoms with Crippen LogP contribution in [0, 0.1) is 0 Å². The fraction of sp³-hybridized carbons (Fsp3) is 0.381. The van der Waals surface area contributed by atoms with Crippen molar-refractivity contribution in [2.24, 2.45) is 0 Å². The molecule has 0 spiro atoms. The number of carbonyl (C=O) groups excluding carboxylic acids is 1. The van der Waals surface area contributed by atoms with E-state index in [-0.39, 0.29) is 6.03 Å². The smallest absolute Gasteiger partial charge is 0.319 e. The minimum Gasteiger partial charge on any atom is -0.493 e. The zero-order valence-electron chi connectivity index (χ0n) is 16.3. The van der Waals surface area contributed by atoms with E-state index in [4.69, 9.17) is 21.1 Å². The number of amides is 2. The highest BCUT2D eigenvalue weighted by Crippen LogP contribution is 2.31. The lowest BCUT2D eigenvalue weighted by molar-refractivity contribution is 0.252. The number of methoxy groups -OCH3 is 2. The number of carbonyl (C=O) groups is 1. The Hall–Kier alpha value is -2.60. The Morgan fingerprint density at radius 1 is 1.07 bits per heavy atom. The highest BCUT2D eigenvalue weighted by molar-refractivity contribution is 6.33. The maximum absolute atomic E-state index is 12.2. The molecule has 0 atom stereocenters. The van der Waals surface area contributed by atoms with Crippen molar-refractivity contribution in [2.45, 2.75) is 19.3 Å². The highest BCUT2D eigenvalue weighted by atomic mass is 35.5. The van der Waals surface area contributed by atoms with E-state index in [2.05, 4.69) is 15.5 Å². The van der Waals surface area contributed by atoms with Crippen molar-refractivity contribution >= 4 is 29.0 Å². The number of nitrogens with one attached hydrogen (secondary N) is 2. The van der Waals surface area contributed by atoms with Gasteiger partial charge in [-0.15, -0.1) is 0 Å². The lowest BCUT2D eigenvalue weighted by Gasteiger charge is -2.19. The van der Waals surface area contributed by atoms with Crippen LogP contribution in [0.1, 0.15) is 18.4 Å². The van der Waals surface area contributed by atoms with Crippen LogP contribution in [-0.4, -0.2) is 39.9 Å². The van der Waals surface area contributed by atoms with Crippen molar-refractivity contribution in [2.75, 3.05) is 44.1 Å². The summed E-state index contributed by atoms with van der Waals surface area (Å²) in [5.74, 6) is 1.36. The van der Waals surface area contributed by atoms with E-state index in [0.29, 0.717) is 35.2 Å². The van der Waals surface area contributed by atoms with Crippen LogP contribution in [0.5, 0.6) is 11.5 Å². The number of urea groups is 1. The molecular formula is C21H26ClN3O3. The van der Waals surface area contributed by atoms with Gasteiger partial charge in [-0.2, -0.15) is 0 Å². The third-order valence-corrected chi connectivity index (χ3v) is 5.10. The maximum atomic E-state index is 12.2. The van der Waals surface area contributed by atoms with Crippen molar-refractivity contribution in [3.63, 3.8) is 0 Å². The monoisotopic (exact) mass is 403 g/mol. The van der Waals surface area contributed by atoms with Crippen molar-refractivity contribution in [3.8, 4) is 11.5 Å². The molecule has 0 aliphatic carbocycles. The second-order valence-corrected chi connectivity index (χ2v) is 7.09. The fourth-order valence-electron chi connectivity index (χ4n) is 3.33. The van der Waals surface area contributed by atoms with Crippen LogP contribution in [0.15, 0.2) is 36.4 Å². The molecule has 1 fully saturated rings. The summed E-state index contributed by atoms with van der Waals surface area (Å²) < 4.78 is 10.5. The topological polar surface area (TPSA) is 62.8 Å². The molecule has 150 valence electrons. The Morgan fingerprint density at radius 3 is 2.50 bits per heavy atom. The molecule has 2 amide bonds. The Bertz CT molecular complexity index is 823. The second-order valence-electron chi connectivity index (χ2n) is 6.68. The Balaban J connectivity index is 1.50. The van der Waals surface area contributed by atoms with Gasteiger partial charge in [0.1, 0.15) is 0 Å². The molecule has 0 saturated carbocycles. The van der Waals surface area contributed by atoms with Gasteiger partial charge in [-0.3, -0.25) is 0 Å². The average molecular weight is 404 g/mol. The van der Waals surface area contributed by atoms with E-state index >= 15 is 0 Å². The first-order valence-corrected chi connectivity index (χ1v) is 9.79. The van der Waals surface area contributed by atoms with E-state index in [1.807, 2.05) is 30.3 Å². The number of hydrogen-bond donors (Lipinski definition) is 2. The molecule has 0 bridgehead atoms. The Kier molecular flexibility index (Phi) is 6.87. The van der Waals surface area contributed by atoms with Gasteiger partial charge >= 0.3 is 6.03 Å². The molecule has 1 aliphatic rings. The highest BCUT2D eigenvalue weighted by Gasteiger charge is 2.15. The number of halogens is 1. The number of ether oxygens (including phenoxy) is 2. The number of anilines is 2. The molecule has 2 aromatic carbocycles. The quantitative estimate of drug-likeness (QED) is 0.722. The standard InChI is InChI=1S/C21H26ClN3O3/c1-27-19-8-5-15(13-20(19)28-2)9-10-23-21(26)24-16-6-7-18(17(22)14-16)25-11-3-4-12-25/h5-8,13-14H,3-4,9-12H2,1-2H3,(H2,23,24,26). The predicted octanol–water partition coefficient (Wildman–Crippen LogP) is 4.32. The molecule has 2 N–H and O–H groups in total. The molecule has 0 unspecified atom stereocenters. The van der Waals surface area contributed by atoms with E-state index in [9.17, 15) is 4.79 Å². The summed E-state index contributed by atoms with van der Waals surface area (Å²) in [6.07, 6.45) is 3.07. The van der Waals surface area contributed by atoms with E-state index in [0.717, 1.165) is 24.3 Å². The third-order valence-electron chi connectivity index (χ3n) is 4.80. The summed E-state index contributed by atoms with van der Waals surface area (Å²) in [7, 11) is 3.21. The largest absolute Gasteiger partial charge is 0.493 e. The van der Waals surface area contributed by atoms with E-state index < -0.39 is 0 Å². The number of rotatable bonds is 7. The van der Waals surface area contributed by atoms with Gasteiger partial charge in [0.15, 0.2) is 11.5 Å². The molecule has 0 aromatic heterocycles. The van der Waals surface area contributed by atoms with Gasteiger partial charge in [-0.25, -0.2) is 4.79 Å². The zero-order valence-corrected chi connectivity index (χ0v) is 17.0. The van der Waals surface area contributed by atoms with Crippen LogP contribution in [0.4, 0.5) is 16.2 Å². The molecule has 1 heterocycles. The molecule has 7 heteroatoms. The summed E-state index contributed by atoms with van der Waals surface area (Å²) >= 11 is 6.40. The maximum Gasteiger partial charge on any atom is 0.319 e.